The SMILES string of the molecule is Cl.OB(O)[C]1C=CC=C2N=NC=C12. The van der Waals surface area contributed by atoms with Gasteiger partial charge in [0.05, 0.1) is 17.7 Å². The molecule has 0 saturated heterocycles. The fraction of sp³-hybridized carbons (Fsp3) is 0. The van der Waals surface area contributed by atoms with Crippen molar-refractivity contribution < 1.29 is 10.0 Å². The van der Waals surface area contributed by atoms with Crippen LogP contribution in [0.1, 0.15) is 0 Å². The Labute approximate surface area is 81.9 Å². The standard InChI is InChI=1S/C7H6BN2O2.ClH/c11-8(12)6-2-1-3-7-5(6)4-9-10-7;/h1-4,11-12H;1H. The van der Waals surface area contributed by atoms with Crippen LogP contribution in [0.2, 0.25) is 0 Å². The lowest BCUT2D eigenvalue weighted by Gasteiger charge is -2.14. The van der Waals surface area contributed by atoms with E-state index in [-0.39, 0.29) is 12.4 Å². The smallest absolute Gasteiger partial charge is 0.426 e. The molecule has 0 aromatic carbocycles. The van der Waals surface area contributed by atoms with E-state index in [2.05, 4.69) is 10.2 Å². The molecule has 67 valence electrons. The molecule has 0 amide bonds. The number of hydrogen-bond donors (Lipinski definition) is 2. The van der Waals surface area contributed by atoms with Crippen LogP contribution in [0.4, 0.5) is 0 Å². The molecule has 0 spiro atoms. The average molecular weight is 197 g/mol. The zero-order chi connectivity index (χ0) is 8.55. The Kier molecular flexibility index (Phi) is 3.03. The van der Waals surface area contributed by atoms with Crippen LogP contribution < -0.4 is 0 Å². The van der Waals surface area contributed by atoms with Gasteiger partial charge in [0, 0.05) is 5.57 Å². The van der Waals surface area contributed by atoms with Crippen LogP contribution in [0.3, 0.4) is 0 Å². The van der Waals surface area contributed by atoms with E-state index in [1.165, 1.54) is 6.20 Å². The van der Waals surface area contributed by atoms with Crippen molar-refractivity contribution in [3.63, 3.8) is 0 Å². The van der Waals surface area contributed by atoms with Gasteiger partial charge in [-0.05, 0) is 6.08 Å². The summed E-state index contributed by atoms with van der Waals surface area (Å²) in [6.07, 6.45) is 6.64. The van der Waals surface area contributed by atoms with Gasteiger partial charge in [-0.25, -0.2) is 0 Å². The van der Waals surface area contributed by atoms with Crippen molar-refractivity contribution in [2.24, 2.45) is 10.2 Å². The maximum Gasteiger partial charge on any atom is 0.467 e. The minimum absolute atomic E-state index is 0. The van der Waals surface area contributed by atoms with Crippen molar-refractivity contribution in [2.45, 2.75) is 0 Å². The molecule has 0 fully saturated rings. The topological polar surface area (TPSA) is 65.2 Å². The largest absolute Gasteiger partial charge is 0.467 e. The fourth-order valence-corrected chi connectivity index (χ4v) is 1.17. The highest BCUT2D eigenvalue weighted by Crippen LogP contribution is 2.32. The number of fused-ring (bicyclic) bond motifs is 1. The highest BCUT2D eigenvalue weighted by Gasteiger charge is 2.30. The molecule has 4 nitrogen and oxygen atoms in total. The van der Waals surface area contributed by atoms with Gasteiger partial charge >= 0.3 is 7.12 Å². The molecule has 1 aliphatic heterocycles. The normalized spacial score (nSPS) is 18.9. The molecule has 0 atom stereocenters. The predicted molar refractivity (Wildman–Crippen MR) is 50.8 cm³/mol. The van der Waals surface area contributed by atoms with Gasteiger partial charge in [-0.2, -0.15) is 10.2 Å². The fourth-order valence-electron chi connectivity index (χ4n) is 1.17. The zero-order valence-corrected chi connectivity index (χ0v) is 7.40. The molecule has 2 rings (SSSR count). The molecule has 13 heavy (non-hydrogen) atoms. The predicted octanol–water partition coefficient (Wildman–Crippen LogP) is 0.798. The second-order valence-corrected chi connectivity index (χ2v) is 2.50. The number of hydrogen-bond acceptors (Lipinski definition) is 4. The van der Waals surface area contributed by atoms with Gasteiger partial charge < -0.3 is 10.0 Å². The van der Waals surface area contributed by atoms with Gasteiger partial charge in [0.1, 0.15) is 0 Å². The Hall–Kier alpha value is -0.905. The second kappa shape index (κ2) is 3.87. The van der Waals surface area contributed by atoms with Crippen LogP contribution in [0, 0.1) is 5.82 Å². The third kappa shape index (κ3) is 1.72. The first-order chi connectivity index (χ1) is 5.79. The Morgan fingerprint density at radius 1 is 1.31 bits per heavy atom. The van der Waals surface area contributed by atoms with E-state index < -0.39 is 7.12 Å². The lowest BCUT2D eigenvalue weighted by Crippen LogP contribution is -2.24. The van der Waals surface area contributed by atoms with E-state index in [0.717, 1.165) is 0 Å². The molecule has 1 heterocycles. The van der Waals surface area contributed by atoms with Crippen LogP contribution in [0.15, 0.2) is 45.9 Å². The summed E-state index contributed by atoms with van der Waals surface area (Å²) in [4.78, 5) is 0. The molecule has 0 saturated carbocycles. The molecule has 2 N–H and O–H groups in total. The third-order valence-electron chi connectivity index (χ3n) is 1.75. The summed E-state index contributed by atoms with van der Waals surface area (Å²) in [5, 5.41) is 25.3. The number of allylic oxidation sites excluding steroid dienone is 4. The molecule has 1 aliphatic carbocycles. The summed E-state index contributed by atoms with van der Waals surface area (Å²) in [6, 6.07) is 0. The summed E-state index contributed by atoms with van der Waals surface area (Å²) in [5.74, 6) is 0.442. The van der Waals surface area contributed by atoms with Crippen LogP contribution in [0.5, 0.6) is 0 Å². The monoisotopic (exact) mass is 197 g/mol. The average Bonchev–Trinajstić information content (AvgIpc) is 2.49. The maximum atomic E-state index is 8.94. The Balaban J connectivity index is 0.000000845. The van der Waals surface area contributed by atoms with Gasteiger partial charge in [-0.15, -0.1) is 12.4 Å². The summed E-state index contributed by atoms with van der Waals surface area (Å²) < 4.78 is 0. The van der Waals surface area contributed by atoms with E-state index in [4.69, 9.17) is 10.0 Å². The van der Waals surface area contributed by atoms with E-state index in [9.17, 15) is 0 Å². The van der Waals surface area contributed by atoms with Crippen molar-refractivity contribution >= 4 is 19.5 Å². The van der Waals surface area contributed by atoms with Crippen molar-refractivity contribution in [3.8, 4) is 0 Å². The van der Waals surface area contributed by atoms with E-state index in [1.54, 1.807) is 18.2 Å². The van der Waals surface area contributed by atoms with E-state index in [1.807, 2.05) is 0 Å². The number of nitrogens with zero attached hydrogens (tertiary/aromatic N) is 2. The molecular formula is C7H7BClN2O2. The molecule has 0 unspecified atom stereocenters. The van der Waals surface area contributed by atoms with Crippen LogP contribution in [-0.2, 0) is 0 Å². The van der Waals surface area contributed by atoms with Crippen molar-refractivity contribution in [1.29, 1.82) is 0 Å². The highest BCUT2D eigenvalue weighted by atomic mass is 35.5. The molecule has 0 aromatic rings. The van der Waals surface area contributed by atoms with Crippen molar-refractivity contribution in [2.75, 3.05) is 0 Å². The first kappa shape index (κ1) is 10.2. The van der Waals surface area contributed by atoms with Crippen molar-refractivity contribution in [1.82, 2.24) is 0 Å². The van der Waals surface area contributed by atoms with Crippen molar-refractivity contribution in [3.05, 3.63) is 41.5 Å². The Morgan fingerprint density at radius 3 is 2.77 bits per heavy atom. The lowest BCUT2D eigenvalue weighted by atomic mass is 9.66. The van der Waals surface area contributed by atoms with Gasteiger partial charge in [-0.1, -0.05) is 12.2 Å². The van der Waals surface area contributed by atoms with Gasteiger partial charge in [0.2, 0.25) is 0 Å². The zero-order valence-electron chi connectivity index (χ0n) is 6.58. The molecule has 0 bridgehead atoms. The molecule has 0 aromatic heterocycles. The highest BCUT2D eigenvalue weighted by molar-refractivity contribution is 6.51. The number of azo groups is 1. The van der Waals surface area contributed by atoms with Crippen LogP contribution in [-0.4, -0.2) is 17.2 Å². The Morgan fingerprint density at radius 2 is 2.08 bits per heavy atom. The van der Waals surface area contributed by atoms with Gasteiger partial charge in [0.25, 0.3) is 0 Å². The minimum atomic E-state index is -1.46. The first-order valence-corrected chi connectivity index (χ1v) is 3.52. The summed E-state index contributed by atoms with van der Waals surface area (Å²) in [5.41, 5.74) is 1.37. The minimum Gasteiger partial charge on any atom is -0.426 e. The van der Waals surface area contributed by atoms with Crippen LogP contribution in [0.25, 0.3) is 0 Å². The van der Waals surface area contributed by atoms with Gasteiger partial charge in [0.15, 0.2) is 0 Å². The van der Waals surface area contributed by atoms with Gasteiger partial charge in [-0.3, -0.25) is 0 Å². The number of rotatable bonds is 1. The van der Waals surface area contributed by atoms with E-state index in [0.29, 0.717) is 17.1 Å². The van der Waals surface area contributed by atoms with Crippen LogP contribution >= 0.6 is 12.4 Å². The summed E-state index contributed by atoms with van der Waals surface area (Å²) in [7, 11) is -1.46. The second-order valence-electron chi connectivity index (χ2n) is 2.50. The number of halogens is 1. The molecule has 6 heteroatoms. The quantitative estimate of drug-likeness (QED) is 0.611. The molecule has 1 radical (unpaired) electrons. The Bertz CT molecular complexity index is 322. The molecule has 2 aliphatic rings. The lowest BCUT2D eigenvalue weighted by molar-refractivity contribution is 0.414. The third-order valence-corrected chi connectivity index (χ3v) is 1.75. The van der Waals surface area contributed by atoms with E-state index >= 15 is 0 Å². The first-order valence-electron chi connectivity index (χ1n) is 3.52. The summed E-state index contributed by atoms with van der Waals surface area (Å²) in [6.45, 7) is 0. The summed E-state index contributed by atoms with van der Waals surface area (Å²) >= 11 is 0. The molecular weight excluding hydrogens is 190 g/mol. The maximum absolute atomic E-state index is 8.94.